The highest BCUT2D eigenvalue weighted by molar-refractivity contribution is 7.08. The normalized spacial score (nSPS) is 12.7. The lowest BCUT2D eigenvalue weighted by Crippen LogP contribution is -1.99. The van der Waals surface area contributed by atoms with E-state index in [1.165, 1.54) is 11.3 Å². The van der Waals surface area contributed by atoms with Crippen LogP contribution in [0.3, 0.4) is 0 Å². The van der Waals surface area contributed by atoms with Crippen LogP contribution in [0.25, 0.3) is 0 Å². The molecule has 2 aromatic rings. The summed E-state index contributed by atoms with van der Waals surface area (Å²) in [5.41, 5.74) is 1.38. The molecule has 0 radical (unpaired) electrons. The summed E-state index contributed by atoms with van der Waals surface area (Å²) in [5, 5.41) is 14.8. The number of aliphatic hydroxyl groups is 1. The Morgan fingerprint density at radius 2 is 1.80 bits per heavy atom. The standard InChI is InChI=1S/C11H8Cl2OS/c12-8-2-1-3-9(13)10(8)11(14)7-4-5-15-6-7/h1-6,11,14H. The van der Waals surface area contributed by atoms with Crippen molar-refractivity contribution in [3.63, 3.8) is 0 Å². The van der Waals surface area contributed by atoms with Gasteiger partial charge < -0.3 is 5.11 Å². The lowest BCUT2D eigenvalue weighted by molar-refractivity contribution is 0.221. The maximum atomic E-state index is 10.1. The van der Waals surface area contributed by atoms with Crippen molar-refractivity contribution in [3.8, 4) is 0 Å². The minimum absolute atomic E-state index is 0.487. The fraction of sp³-hybridized carbons (Fsp3) is 0.0909. The summed E-state index contributed by atoms with van der Waals surface area (Å²) in [5.74, 6) is 0. The molecule has 0 amide bonds. The Bertz CT molecular complexity index is 433. The van der Waals surface area contributed by atoms with E-state index in [1.54, 1.807) is 18.2 Å². The third-order valence-electron chi connectivity index (χ3n) is 2.13. The van der Waals surface area contributed by atoms with Crippen molar-refractivity contribution >= 4 is 34.5 Å². The predicted molar refractivity (Wildman–Crippen MR) is 64.8 cm³/mol. The first-order chi connectivity index (χ1) is 7.20. The van der Waals surface area contributed by atoms with Crippen molar-refractivity contribution in [1.29, 1.82) is 0 Å². The Morgan fingerprint density at radius 3 is 2.33 bits per heavy atom. The van der Waals surface area contributed by atoms with Crippen LogP contribution in [0.1, 0.15) is 17.2 Å². The Balaban J connectivity index is 2.46. The molecule has 78 valence electrons. The van der Waals surface area contributed by atoms with E-state index in [0.717, 1.165) is 5.56 Å². The zero-order chi connectivity index (χ0) is 10.8. The average Bonchev–Trinajstić information content (AvgIpc) is 2.69. The Labute approximate surface area is 102 Å². The van der Waals surface area contributed by atoms with Crippen LogP contribution in [0.2, 0.25) is 10.0 Å². The molecule has 0 saturated carbocycles. The van der Waals surface area contributed by atoms with E-state index in [4.69, 9.17) is 23.2 Å². The van der Waals surface area contributed by atoms with Crippen molar-refractivity contribution in [2.24, 2.45) is 0 Å². The minimum atomic E-state index is -0.752. The fourth-order valence-electron chi connectivity index (χ4n) is 1.37. The van der Waals surface area contributed by atoms with Gasteiger partial charge in [-0.05, 0) is 34.5 Å². The molecule has 1 heterocycles. The van der Waals surface area contributed by atoms with Crippen LogP contribution in [0.5, 0.6) is 0 Å². The highest BCUT2D eigenvalue weighted by atomic mass is 35.5. The molecule has 0 fully saturated rings. The van der Waals surface area contributed by atoms with E-state index >= 15 is 0 Å². The molecule has 15 heavy (non-hydrogen) atoms. The monoisotopic (exact) mass is 258 g/mol. The summed E-state index contributed by atoms with van der Waals surface area (Å²) >= 11 is 13.5. The highest BCUT2D eigenvalue weighted by Crippen LogP contribution is 2.34. The topological polar surface area (TPSA) is 20.2 Å². The van der Waals surface area contributed by atoms with Gasteiger partial charge in [-0.2, -0.15) is 11.3 Å². The largest absolute Gasteiger partial charge is 0.384 e. The van der Waals surface area contributed by atoms with Crippen LogP contribution in [-0.2, 0) is 0 Å². The van der Waals surface area contributed by atoms with Gasteiger partial charge in [0.05, 0.1) is 0 Å². The van der Waals surface area contributed by atoms with Gasteiger partial charge in [0.1, 0.15) is 6.10 Å². The third kappa shape index (κ3) is 2.18. The lowest BCUT2D eigenvalue weighted by atomic mass is 10.0. The van der Waals surface area contributed by atoms with Crippen LogP contribution in [-0.4, -0.2) is 5.11 Å². The molecule has 0 bridgehead atoms. The molecular weight excluding hydrogens is 251 g/mol. The van der Waals surface area contributed by atoms with Crippen LogP contribution in [0, 0.1) is 0 Å². The smallest absolute Gasteiger partial charge is 0.108 e. The summed E-state index contributed by atoms with van der Waals surface area (Å²) < 4.78 is 0. The fourth-order valence-corrected chi connectivity index (χ4v) is 2.65. The van der Waals surface area contributed by atoms with E-state index in [0.29, 0.717) is 15.6 Å². The first kappa shape index (κ1) is 11.0. The second-order valence-electron chi connectivity index (χ2n) is 3.09. The molecule has 1 aromatic carbocycles. The first-order valence-corrected chi connectivity index (χ1v) is 6.04. The predicted octanol–water partition coefficient (Wildman–Crippen LogP) is 4.14. The Morgan fingerprint density at radius 1 is 1.13 bits per heavy atom. The number of thiophene rings is 1. The van der Waals surface area contributed by atoms with Gasteiger partial charge in [0, 0.05) is 15.6 Å². The second kappa shape index (κ2) is 4.54. The number of hydrogen-bond donors (Lipinski definition) is 1. The van der Waals surface area contributed by atoms with Crippen molar-refractivity contribution < 1.29 is 5.11 Å². The third-order valence-corrected chi connectivity index (χ3v) is 3.49. The van der Waals surface area contributed by atoms with E-state index in [-0.39, 0.29) is 0 Å². The average molecular weight is 259 g/mol. The van der Waals surface area contributed by atoms with Gasteiger partial charge in [-0.15, -0.1) is 0 Å². The number of aliphatic hydroxyl groups excluding tert-OH is 1. The Kier molecular flexibility index (Phi) is 3.32. The SMILES string of the molecule is OC(c1ccsc1)c1c(Cl)cccc1Cl. The lowest BCUT2D eigenvalue weighted by Gasteiger charge is -2.12. The van der Waals surface area contributed by atoms with Gasteiger partial charge in [-0.25, -0.2) is 0 Å². The molecule has 1 aromatic heterocycles. The highest BCUT2D eigenvalue weighted by Gasteiger charge is 2.17. The molecule has 4 heteroatoms. The Hall–Kier alpha value is -0.540. The van der Waals surface area contributed by atoms with Crippen LogP contribution in [0.15, 0.2) is 35.0 Å². The maximum absolute atomic E-state index is 10.1. The second-order valence-corrected chi connectivity index (χ2v) is 4.69. The van der Waals surface area contributed by atoms with Crippen LogP contribution in [0.4, 0.5) is 0 Å². The number of halogens is 2. The van der Waals surface area contributed by atoms with E-state index in [2.05, 4.69) is 0 Å². The number of rotatable bonds is 2. The molecule has 1 N–H and O–H groups in total. The summed E-state index contributed by atoms with van der Waals surface area (Å²) in [6, 6.07) is 7.06. The molecule has 0 aliphatic heterocycles. The molecule has 1 nitrogen and oxygen atoms in total. The van der Waals surface area contributed by atoms with Gasteiger partial charge in [-0.3, -0.25) is 0 Å². The summed E-state index contributed by atoms with van der Waals surface area (Å²) in [6.07, 6.45) is -0.752. The van der Waals surface area contributed by atoms with Crippen molar-refractivity contribution in [2.45, 2.75) is 6.10 Å². The maximum Gasteiger partial charge on any atom is 0.108 e. The minimum Gasteiger partial charge on any atom is -0.384 e. The van der Waals surface area contributed by atoms with Gasteiger partial charge in [0.2, 0.25) is 0 Å². The van der Waals surface area contributed by atoms with Crippen LogP contribution >= 0.6 is 34.5 Å². The summed E-state index contributed by atoms with van der Waals surface area (Å²) in [6.45, 7) is 0. The molecule has 0 spiro atoms. The van der Waals surface area contributed by atoms with Crippen molar-refractivity contribution in [3.05, 3.63) is 56.2 Å². The molecular formula is C11H8Cl2OS. The van der Waals surface area contributed by atoms with Crippen LogP contribution < -0.4 is 0 Å². The number of benzene rings is 1. The first-order valence-electron chi connectivity index (χ1n) is 4.34. The zero-order valence-electron chi connectivity index (χ0n) is 7.65. The molecule has 0 saturated heterocycles. The molecule has 2 rings (SSSR count). The quantitative estimate of drug-likeness (QED) is 0.859. The van der Waals surface area contributed by atoms with Crippen molar-refractivity contribution in [1.82, 2.24) is 0 Å². The van der Waals surface area contributed by atoms with E-state index in [1.807, 2.05) is 16.8 Å². The van der Waals surface area contributed by atoms with E-state index < -0.39 is 6.10 Å². The molecule has 1 unspecified atom stereocenters. The van der Waals surface area contributed by atoms with Gasteiger partial charge >= 0.3 is 0 Å². The summed E-state index contributed by atoms with van der Waals surface area (Å²) in [4.78, 5) is 0. The number of hydrogen-bond acceptors (Lipinski definition) is 2. The van der Waals surface area contributed by atoms with Gasteiger partial charge in [0.15, 0.2) is 0 Å². The van der Waals surface area contributed by atoms with E-state index in [9.17, 15) is 5.11 Å². The van der Waals surface area contributed by atoms with Gasteiger partial charge in [-0.1, -0.05) is 29.3 Å². The summed E-state index contributed by atoms with van der Waals surface area (Å²) in [7, 11) is 0. The molecule has 1 atom stereocenters. The molecule has 0 aliphatic carbocycles. The zero-order valence-corrected chi connectivity index (χ0v) is 9.98. The molecule has 0 aliphatic rings. The van der Waals surface area contributed by atoms with Crippen molar-refractivity contribution in [2.75, 3.05) is 0 Å². The van der Waals surface area contributed by atoms with Gasteiger partial charge in [0.25, 0.3) is 0 Å².